The molecule has 1 N–H and O–H groups in total. The maximum absolute atomic E-state index is 9.49. The highest BCUT2D eigenvalue weighted by atomic mass is 79.9. The predicted octanol–water partition coefficient (Wildman–Crippen LogP) is 4.70. The van der Waals surface area contributed by atoms with Gasteiger partial charge >= 0.3 is 0 Å². The lowest BCUT2D eigenvalue weighted by Crippen LogP contribution is -1.91. The van der Waals surface area contributed by atoms with Gasteiger partial charge in [0, 0.05) is 11.1 Å². The van der Waals surface area contributed by atoms with Crippen LogP contribution in [0.1, 0.15) is 18.6 Å². The van der Waals surface area contributed by atoms with E-state index in [1.807, 2.05) is 24.3 Å². The molecule has 1 heterocycles. The minimum atomic E-state index is -0.511. The molecule has 0 saturated heterocycles. The molecule has 2 nitrogen and oxygen atoms in total. The summed E-state index contributed by atoms with van der Waals surface area (Å²) in [5.74, 6) is 0. The summed E-state index contributed by atoms with van der Waals surface area (Å²) in [6, 6.07) is 9.36. The molecule has 0 bridgehead atoms. The normalized spacial score (nSPS) is 12.4. The zero-order valence-corrected chi connectivity index (χ0v) is 12.8. The highest BCUT2D eigenvalue weighted by Gasteiger charge is 2.09. The van der Waals surface area contributed by atoms with E-state index in [9.17, 15) is 5.11 Å². The van der Waals surface area contributed by atoms with Crippen LogP contribution in [0, 0.1) is 0 Å². The first-order valence-electron chi connectivity index (χ1n) is 5.34. The van der Waals surface area contributed by atoms with Gasteiger partial charge in [-0.25, -0.2) is 4.98 Å². The lowest BCUT2D eigenvalue weighted by Gasteiger charge is -2.09. The molecule has 0 aliphatic heterocycles. The molecule has 0 aliphatic carbocycles. The second kappa shape index (κ2) is 6.06. The summed E-state index contributed by atoms with van der Waals surface area (Å²) in [7, 11) is 0. The Kier molecular flexibility index (Phi) is 4.67. The molecule has 0 radical (unpaired) electrons. The molecule has 0 saturated carbocycles. The molecule has 5 heteroatoms. The van der Waals surface area contributed by atoms with Crippen LogP contribution in [0.25, 0.3) is 0 Å². The second-order valence-electron chi connectivity index (χ2n) is 3.76. The summed E-state index contributed by atoms with van der Waals surface area (Å²) in [6.45, 7) is 1.72. The van der Waals surface area contributed by atoms with Crippen molar-refractivity contribution >= 4 is 39.3 Å². The van der Waals surface area contributed by atoms with Crippen molar-refractivity contribution in [3.05, 3.63) is 51.6 Å². The smallest absolute Gasteiger partial charge is 0.115 e. The highest BCUT2D eigenvalue weighted by molar-refractivity contribution is 9.10. The number of pyridine rings is 1. The second-order valence-corrected chi connectivity index (χ2v) is 6.05. The van der Waals surface area contributed by atoms with Crippen LogP contribution in [-0.2, 0) is 0 Å². The Balaban J connectivity index is 2.28. The molecule has 0 unspecified atom stereocenters. The van der Waals surface area contributed by atoms with Gasteiger partial charge in [0.1, 0.15) is 5.03 Å². The number of benzene rings is 1. The van der Waals surface area contributed by atoms with Crippen molar-refractivity contribution in [2.75, 3.05) is 0 Å². The Labute approximate surface area is 124 Å². The monoisotopic (exact) mass is 343 g/mol. The van der Waals surface area contributed by atoms with Crippen LogP contribution in [0.4, 0.5) is 0 Å². The number of halogens is 2. The third kappa shape index (κ3) is 3.26. The van der Waals surface area contributed by atoms with Gasteiger partial charge in [0.05, 0.1) is 15.6 Å². The average molecular weight is 345 g/mol. The van der Waals surface area contributed by atoms with Crippen molar-refractivity contribution in [2.24, 2.45) is 0 Å². The van der Waals surface area contributed by atoms with Gasteiger partial charge in [-0.05, 0) is 52.7 Å². The van der Waals surface area contributed by atoms with E-state index in [0.717, 1.165) is 20.0 Å². The molecule has 1 atom stereocenters. The van der Waals surface area contributed by atoms with Gasteiger partial charge in [-0.3, -0.25) is 0 Å². The van der Waals surface area contributed by atoms with Crippen molar-refractivity contribution in [1.82, 2.24) is 4.98 Å². The third-order valence-electron chi connectivity index (χ3n) is 2.37. The van der Waals surface area contributed by atoms with E-state index in [2.05, 4.69) is 20.9 Å². The van der Waals surface area contributed by atoms with Crippen LogP contribution in [0.5, 0.6) is 0 Å². The molecule has 2 rings (SSSR count). The van der Waals surface area contributed by atoms with Crippen molar-refractivity contribution in [3.8, 4) is 0 Å². The average Bonchev–Trinajstić information content (AvgIpc) is 2.34. The largest absolute Gasteiger partial charge is 0.389 e. The maximum Gasteiger partial charge on any atom is 0.115 e. The Hall–Kier alpha value is -0.550. The first-order chi connectivity index (χ1) is 8.58. The van der Waals surface area contributed by atoms with Gasteiger partial charge in [0.25, 0.3) is 0 Å². The quantitative estimate of drug-likeness (QED) is 0.876. The van der Waals surface area contributed by atoms with Crippen molar-refractivity contribution in [1.29, 1.82) is 0 Å². The van der Waals surface area contributed by atoms with E-state index in [0.29, 0.717) is 5.02 Å². The minimum Gasteiger partial charge on any atom is -0.389 e. The summed E-state index contributed by atoms with van der Waals surface area (Å²) in [5, 5.41) is 11.0. The van der Waals surface area contributed by atoms with Gasteiger partial charge < -0.3 is 5.11 Å². The topological polar surface area (TPSA) is 33.1 Å². The van der Waals surface area contributed by atoms with E-state index in [-0.39, 0.29) is 0 Å². The third-order valence-corrected chi connectivity index (χ3v) is 4.79. The number of nitrogens with zero attached hydrogens (tertiary/aromatic N) is 1. The van der Waals surface area contributed by atoms with Gasteiger partial charge in [0.15, 0.2) is 0 Å². The van der Waals surface area contributed by atoms with Gasteiger partial charge in [-0.2, -0.15) is 0 Å². The SMILES string of the molecule is C[C@@H](O)c1ccc(Sc2ncccc2Br)c(Cl)c1. The molecular formula is C13H11BrClNOS. The summed E-state index contributed by atoms with van der Waals surface area (Å²) in [6.07, 6.45) is 1.23. The van der Waals surface area contributed by atoms with Crippen LogP contribution >= 0.6 is 39.3 Å². The maximum atomic E-state index is 9.49. The summed E-state index contributed by atoms with van der Waals surface area (Å²) < 4.78 is 0.936. The van der Waals surface area contributed by atoms with Crippen molar-refractivity contribution < 1.29 is 5.11 Å². The molecule has 0 spiro atoms. The van der Waals surface area contributed by atoms with E-state index in [4.69, 9.17) is 11.6 Å². The number of aliphatic hydroxyl groups excluding tert-OH is 1. The Morgan fingerprint density at radius 1 is 1.39 bits per heavy atom. The van der Waals surface area contributed by atoms with Gasteiger partial charge in [0.2, 0.25) is 0 Å². The number of hydrogen-bond donors (Lipinski definition) is 1. The predicted molar refractivity (Wildman–Crippen MR) is 78.1 cm³/mol. The summed E-state index contributed by atoms with van der Waals surface area (Å²) >= 11 is 11.1. The first kappa shape index (κ1) is 13.9. The zero-order valence-electron chi connectivity index (χ0n) is 9.60. The van der Waals surface area contributed by atoms with Gasteiger partial charge in [-0.1, -0.05) is 29.4 Å². The lowest BCUT2D eigenvalue weighted by molar-refractivity contribution is 0.199. The van der Waals surface area contributed by atoms with Crippen LogP contribution in [0.15, 0.2) is 50.9 Å². The number of aliphatic hydroxyl groups is 1. The Morgan fingerprint density at radius 2 is 2.17 bits per heavy atom. The minimum absolute atomic E-state index is 0.511. The van der Waals surface area contributed by atoms with Crippen molar-refractivity contribution in [3.63, 3.8) is 0 Å². The fourth-order valence-electron chi connectivity index (χ4n) is 1.41. The first-order valence-corrected chi connectivity index (χ1v) is 7.32. The van der Waals surface area contributed by atoms with Crippen LogP contribution in [0.3, 0.4) is 0 Å². The fourth-order valence-corrected chi connectivity index (χ4v) is 2.99. The summed E-state index contributed by atoms with van der Waals surface area (Å²) in [5.41, 5.74) is 0.810. The van der Waals surface area contributed by atoms with E-state index >= 15 is 0 Å². The molecule has 1 aromatic heterocycles. The Bertz CT molecular complexity index is 562. The van der Waals surface area contributed by atoms with Gasteiger partial charge in [-0.15, -0.1) is 0 Å². The zero-order chi connectivity index (χ0) is 13.1. The standard InChI is InChI=1S/C13H11BrClNOS/c1-8(17)9-4-5-12(11(15)7-9)18-13-10(14)3-2-6-16-13/h2-8,17H,1H3/t8-/m1/s1. The molecular weight excluding hydrogens is 334 g/mol. The van der Waals surface area contributed by atoms with Crippen LogP contribution in [0.2, 0.25) is 5.02 Å². The van der Waals surface area contributed by atoms with E-state index < -0.39 is 6.10 Å². The van der Waals surface area contributed by atoms with Crippen molar-refractivity contribution in [2.45, 2.75) is 22.9 Å². The molecule has 18 heavy (non-hydrogen) atoms. The lowest BCUT2D eigenvalue weighted by atomic mass is 10.1. The van der Waals surface area contributed by atoms with Crippen LogP contribution in [-0.4, -0.2) is 10.1 Å². The number of aromatic nitrogens is 1. The molecule has 2 aromatic rings. The van der Waals surface area contributed by atoms with E-state index in [1.165, 1.54) is 11.8 Å². The van der Waals surface area contributed by atoms with E-state index in [1.54, 1.807) is 19.2 Å². The highest BCUT2D eigenvalue weighted by Crippen LogP contribution is 2.36. The molecule has 1 aromatic carbocycles. The number of hydrogen-bond acceptors (Lipinski definition) is 3. The van der Waals surface area contributed by atoms with Crippen LogP contribution < -0.4 is 0 Å². The Morgan fingerprint density at radius 3 is 2.78 bits per heavy atom. The molecule has 0 aliphatic rings. The fraction of sp³-hybridized carbons (Fsp3) is 0.154. The molecule has 94 valence electrons. The summed E-state index contributed by atoms with van der Waals surface area (Å²) in [4.78, 5) is 5.20. The molecule has 0 amide bonds. The number of rotatable bonds is 3. The molecule has 0 fully saturated rings.